The van der Waals surface area contributed by atoms with Gasteiger partial charge in [0.05, 0.1) is 0 Å². The molecular weight excluding hydrogens is 154 g/mol. The van der Waals surface area contributed by atoms with Crippen molar-refractivity contribution in [2.24, 2.45) is 0 Å². The summed E-state index contributed by atoms with van der Waals surface area (Å²) < 4.78 is 0.751. The summed E-state index contributed by atoms with van der Waals surface area (Å²) in [4.78, 5) is 22.2. The summed E-state index contributed by atoms with van der Waals surface area (Å²) in [6, 6.07) is 7.21. The molecule has 0 atom stereocenters. The van der Waals surface area contributed by atoms with E-state index in [2.05, 4.69) is 0 Å². The van der Waals surface area contributed by atoms with Crippen LogP contribution in [0.15, 0.2) is 24.3 Å². The Morgan fingerprint density at radius 2 is 2.00 bits per heavy atom. The SMILES string of the molecule is O=C1Cc2ccccc2[N+](=O)C1. The molecule has 0 radical (unpaired) electrons. The first-order chi connectivity index (χ1) is 5.77. The lowest BCUT2D eigenvalue weighted by atomic mass is 10.0. The predicted molar refractivity (Wildman–Crippen MR) is 43.3 cm³/mol. The molecule has 12 heavy (non-hydrogen) atoms. The van der Waals surface area contributed by atoms with Crippen LogP contribution in [0, 0.1) is 4.91 Å². The van der Waals surface area contributed by atoms with Gasteiger partial charge in [-0.25, -0.2) is 0 Å². The highest BCUT2D eigenvalue weighted by Crippen LogP contribution is 2.22. The lowest BCUT2D eigenvalue weighted by Crippen LogP contribution is -2.23. The second kappa shape index (κ2) is 2.52. The zero-order valence-electron chi connectivity index (χ0n) is 6.49. The minimum Gasteiger partial charge on any atom is -0.292 e. The number of benzene rings is 1. The molecule has 1 aromatic rings. The van der Waals surface area contributed by atoms with Crippen molar-refractivity contribution in [1.82, 2.24) is 0 Å². The van der Waals surface area contributed by atoms with Crippen LogP contribution in [0.1, 0.15) is 5.56 Å². The van der Waals surface area contributed by atoms with Crippen LogP contribution in [0.25, 0.3) is 0 Å². The fourth-order valence-electron chi connectivity index (χ4n) is 1.42. The Hall–Kier alpha value is -1.51. The van der Waals surface area contributed by atoms with E-state index in [1.165, 1.54) is 0 Å². The highest BCUT2D eigenvalue weighted by molar-refractivity contribution is 5.84. The van der Waals surface area contributed by atoms with Crippen LogP contribution in [-0.2, 0) is 11.2 Å². The number of fused-ring (bicyclic) bond motifs is 1. The molecule has 0 fully saturated rings. The second-order valence-corrected chi connectivity index (χ2v) is 2.88. The van der Waals surface area contributed by atoms with Crippen molar-refractivity contribution in [3.05, 3.63) is 34.7 Å². The molecule has 60 valence electrons. The number of carbonyl (C=O) groups excluding carboxylic acids is 1. The standard InChI is InChI=1S/C9H8NO2/c11-8-5-7-3-1-2-4-9(7)10(12)6-8/h1-4H,5-6H2/q+1. The molecule has 0 spiro atoms. The maximum absolute atomic E-state index is 11.2. The van der Waals surface area contributed by atoms with Crippen molar-refractivity contribution in [3.8, 4) is 0 Å². The molecule has 0 unspecified atom stereocenters. The average molecular weight is 162 g/mol. The van der Waals surface area contributed by atoms with Gasteiger partial charge in [0.2, 0.25) is 5.78 Å². The number of hydrogen-bond acceptors (Lipinski definition) is 2. The highest BCUT2D eigenvalue weighted by Gasteiger charge is 2.28. The highest BCUT2D eigenvalue weighted by atomic mass is 16.3. The molecule has 3 heteroatoms. The van der Waals surface area contributed by atoms with Gasteiger partial charge in [-0.1, -0.05) is 18.2 Å². The Morgan fingerprint density at radius 3 is 2.83 bits per heavy atom. The molecule has 1 aliphatic heterocycles. The minimum absolute atomic E-state index is 0.00296. The van der Waals surface area contributed by atoms with Gasteiger partial charge < -0.3 is 0 Å². The molecule has 0 N–H and O–H groups in total. The molecule has 1 heterocycles. The van der Waals surface area contributed by atoms with Gasteiger partial charge in [0.25, 0.3) is 12.2 Å². The van der Waals surface area contributed by atoms with Gasteiger partial charge in [-0.2, -0.15) is 0 Å². The number of hydrogen-bond donors (Lipinski definition) is 0. The van der Waals surface area contributed by atoms with Crippen molar-refractivity contribution in [1.29, 1.82) is 0 Å². The van der Waals surface area contributed by atoms with Crippen molar-refractivity contribution in [2.75, 3.05) is 6.54 Å². The second-order valence-electron chi connectivity index (χ2n) is 2.88. The molecule has 1 aromatic carbocycles. The number of ketones is 1. The normalized spacial score (nSPS) is 16.0. The Bertz CT molecular complexity index is 357. The molecule has 1 aliphatic rings. The van der Waals surface area contributed by atoms with Crippen LogP contribution in [0.2, 0.25) is 0 Å². The quantitative estimate of drug-likeness (QED) is 0.538. The summed E-state index contributed by atoms with van der Waals surface area (Å²) in [5.41, 5.74) is 1.47. The van der Waals surface area contributed by atoms with Gasteiger partial charge in [-0.05, 0) is 0 Å². The van der Waals surface area contributed by atoms with Gasteiger partial charge in [0.1, 0.15) is 0 Å². The summed E-state index contributed by atoms with van der Waals surface area (Å²) in [5.74, 6) is -0.0105. The van der Waals surface area contributed by atoms with E-state index in [1.54, 1.807) is 12.1 Å². The molecule has 0 saturated heterocycles. The van der Waals surface area contributed by atoms with Crippen molar-refractivity contribution in [2.45, 2.75) is 6.42 Å². The molecule has 3 nitrogen and oxygen atoms in total. The summed E-state index contributed by atoms with van der Waals surface area (Å²) >= 11 is 0. The smallest absolute Gasteiger partial charge is 0.260 e. The molecule has 0 amide bonds. The average Bonchev–Trinajstić information content (AvgIpc) is 2.04. The first-order valence-corrected chi connectivity index (χ1v) is 3.81. The van der Waals surface area contributed by atoms with E-state index in [9.17, 15) is 9.70 Å². The molecule has 0 aliphatic carbocycles. The third-order valence-corrected chi connectivity index (χ3v) is 1.97. The summed E-state index contributed by atoms with van der Waals surface area (Å²) in [5, 5.41) is 0. The van der Waals surface area contributed by atoms with Gasteiger partial charge in [-0.15, -0.1) is 0 Å². The maximum Gasteiger partial charge on any atom is 0.260 e. The van der Waals surface area contributed by atoms with Gasteiger partial charge >= 0.3 is 0 Å². The molecule has 0 aromatic heterocycles. The Balaban J connectivity index is 2.54. The minimum atomic E-state index is -0.0105. The lowest BCUT2D eigenvalue weighted by molar-refractivity contribution is -0.453. The van der Waals surface area contributed by atoms with E-state index in [-0.39, 0.29) is 12.3 Å². The summed E-state index contributed by atoms with van der Waals surface area (Å²) in [7, 11) is 0. The van der Waals surface area contributed by atoms with E-state index in [4.69, 9.17) is 0 Å². The van der Waals surface area contributed by atoms with Crippen molar-refractivity contribution >= 4 is 11.5 Å². The number of rotatable bonds is 0. The van der Waals surface area contributed by atoms with Gasteiger partial charge in [0.15, 0.2) is 0 Å². The van der Waals surface area contributed by atoms with E-state index < -0.39 is 0 Å². The Labute approximate surface area is 69.6 Å². The van der Waals surface area contributed by atoms with Crippen molar-refractivity contribution < 1.29 is 9.55 Å². The largest absolute Gasteiger partial charge is 0.292 e. The lowest BCUT2D eigenvalue weighted by Gasteiger charge is -2.05. The molecule has 0 bridgehead atoms. The van der Waals surface area contributed by atoms with Gasteiger partial charge in [0, 0.05) is 27.7 Å². The number of para-hydroxylation sites is 1. The van der Waals surface area contributed by atoms with Crippen LogP contribution < -0.4 is 0 Å². The van der Waals surface area contributed by atoms with E-state index >= 15 is 0 Å². The van der Waals surface area contributed by atoms with Crippen LogP contribution in [0.3, 0.4) is 0 Å². The Kier molecular flexibility index (Phi) is 1.50. The van der Waals surface area contributed by atoms with E-state index in [0.29, 0.717) is 12.1 Å². The number of nitroso groups, excluding NO2 is 1. The topological polar surface area (TPSA) is 37.1 Å². The van der Waals surface area contributed by atoms with Crippen molar-refractivity contribution in [3.63, 3.8) is 0 Å². The first-order valence-electron chi connectivity index (χ1n) is 3.81. The Morgan fingerprint density at radius 1 is 1.25 bits per heavy atom. The zero-order valence-corrected chi connectivity index (χ0v) is 6.49. The molecule has 2 rings (SSSR count). The number of carbonyl (C=O) groups is 1. The third kappa shape index (κ3) is 1.03. The fraction of sp³-hybridized carbons (Fsp3) is 0.222. The number of Topliss-reactive ketones (excluding diaryl/α,β-unsaturated/α-hetero) is 1. The van der Waals surface area contributed by atoms with Gasteiger partial charge in [-0.3, -0.25) is 4.79 Å². The summed E-state index contributed by atoms with van der Waals surface area (Å²) in [6.45, 7) is -0.00296. The molecular formula is C9H8NO2+. The fourth-order valence-corrected chi connectivity index (χ4v) is 1.42. The number of nitrogens with zero attached hydrogens (tertiary/aromatic N) is 1. The van der Waals surface area contributed by atoms with Crippen LogP contribution in [0.5, 0.6) is 0 Å². The van der Waals surface area contributed by atoms with Crippen LogP contribution in [0.4, 0.5) is 5.69 Å². The first kappa shape index (κ1) is 7.16. The third-order valence-electron chi connectivity index (χ3n) is 1.97. The maximum atomic E-state index is 11.2. The predicted octanol–water partition coefficient (Wildman–Crippen LogP) is 1.22. The van der Waals surface area contributed by atoms with Crippen LogP contribution in [-0.4, -0.2) is 17.1 Å². The summed E-state index contributed by atoms with van der Waals surface area (Å²) in [6.07, 6.45) is 0.398. The van der Waals surface area contributed by atoms with E-state index in [1.807, 2.05) is 12.1 Å². The van der Waals surface area contributed by atoms with Crippen LogP contribution >= 0.6 is 0 Å². The van der Waals surface area contributed by atoms with E-state index in [0.717, 1.165) is 10.3 Å². The molecule has 0 saturated carbocycles. The zero-order chi connectivity index (χ0) is 8.55. The monoisotopic (exact) mass is 162 g/mol.